The van der Waals surface area contributed by atoms with Crippen LogP contribution in [0, 0.1) is 5.82 Å². The van der Waals surface area contributed by atoms with Crippen LogP contribution in [0.25, 0.3) is 0 Å². The Hall–Kier alpha value is -1.23. The molecular formula is C11H14FN3S. The summed E-state index contributed by atoms with van der Waals surface area (Å²) in [5, 5.41) is 6.23. The van der Waals surface area contributed by atoms with Crippen LogP contribution in [-0.4, -0.2) is 31.7 Å². The summed E-state index contributed by atoms with van der Waals surface area (Å²) in [6.45, 7) is 2.24. The van der Waals surface area contributed by atoms with Gasteiger partial charge < -0.3 is 10.6 Å². The number of aliphatic imine (C=N–C) groups is 1. The van der Waals surface area contributed by atoms with Crippen molar-refractivity contribution >= 4 is 23.3 Å². The Morgan fingerprint density at radius 1 is 1.56 bits per heavy atom. The summed E-state index contributed by atoms with van der Waals surface area (Å²) in [6.07, 6.45) is 1.94. The molecule has 0 unspecified atom stereocenters. The minimum atomic E-state index is -0.217. The van der Waals surface area contributed by atoms with Crippen molar-refractivity contribution in [3.05, 3.63) is 24.0 Å². The summed E-state index contributed by atoms with van der Waals surface area (Å²) in [4.78, 5) is 5.17. The molecule has 0 saturated heterocycles. The van der Waals surface area contributed by atoms with Crippen LogP contribution in [-0.2, 0) is 0 Å². The number of hydrogen-bond donors (Lipinski definition) is 2. The number of anilines is 1. The zero-order chi connectivity index (χ0) is 11.4. The second-order valence-electron chi connectivity index (χ2n) is 3.43. The van der Waals surface area contributed by atoms with E-state index in [1.807, 2.05) is 12.3 Å². The predicted molar refractivity (Wildman–Crippen MR) is 67.0 cm³/mol. The number of rotatable bonds is 4. The van der Waals surface area contributed by atoms with Crippen molar-refractivity contribution in [2.45, 2.75) is 4.90 Å². The molecule has 1 aliphatic rings. The minimum Gasteiger partial charge on any atom is -0.375 e. The molecule has 1 aromatic rings. The van der Waals surface area contributed by atoms with Gasteiger partial charge in [-0.05, 0) is 18.4 Å². The first-order valence-corrected chi connectivity index (χ1v) is 6.37. The number of hydrogen-bond acceptors (Lipinski definition) is 4. The van der Waals surface area contributed by atoms with Crippen LogP contribution in [0.5, 0.6) is 0 Å². The molecule has 1 aliphatic heterocycles. The average Bonchev–Trinajstić information content (AvgIpc) is 2.80. The molecule has 1 aromatic carbocycles. The Kier molecular flexibility index (Phi) is 3.66. The predicted octanol–water partition coefficient (Wildman–Crippen LogP) is 1.96. The summed E-state index contributed by atoms with van der Waals surface area (Å²) >= 11 is 1.53. The molecule has 3 nitrogen and oxygen atoms in total. The van der Waals surface area contributed by atoms with Gasteiger partial charge in [-0.1, -0.05) is 6.07 Å². The van der Waals surface area contributed by atoms with Gasteiger partial charge in [0.05, 0.1) is 18.8 Å². The number of benzene rings is 1. The molecule has 0 amide bonds. The van der Waals surface area contributed by atoms with E-state index in [9.17, 15) is 4.39 Å². The normalized spacial score (nSPS) is 14.5. The second-order valence-corrected chi connectivity index (χ2v) is 4.27. The maximum Gasteiger partial charge on any atom is 0.147 e. The van der Waals surface area contributed by atoms with Crippen molar-refractivity contribution in [1.29, 1.82) is 0 Å². The van der Waals surface area contributed by atoms with Crippen LogP contribution >= 0.6 is 11.8 Å². The van der Waals surface area contributed by atoms with Crippen LogP contribution in [0.2, 0.25) is 0 Å². The third-order valence-electron chi connectivity index (χ3n) is 2.37. The number of halogens is 1. The lowest BCUT2D eigenvalue weighted by Crippen LogP contribution is -2.26. The molecule has 0 fully saturated rings. The van der Waals surface area contributed by atoms with Crippen molar-refractivity contribution in [3.63, 3.8) is 0 Å². The number of nitrogens with one attached hydrogen (secondary N) is 2. The van der Waals surface area contributed by atoms with E-state index in [1.54, 1.807) is 6.07 Å². The molecule has 0 saturated carbocycles. The van der Waals surface area contributed by atoms with Crippen molar-refractivity contribution in [2.24, 2.45) is 4.99 Å². The molecule has 5 heteroatoms. The highest BCUT2D eigenvalue weighted by Gasteiger charge is 2.09. The van der Waals surface area contributed by atoms with Crippen LogP contribution in [0.15, 0.2) is 28.1 Å². The van der Waals surface area contributed by atoms with Crippen molar-refractivity contribution < 1.29 is 4.39 Å². The maximum absolute atomic E-state index is 13.6. The molecule has 0 radical (unpaired) electrons. The smallest absolute Gasteiger partial charge is 0.147 e. The molecule has 0 aliphatic carbocycles. The van der Waals surface area contributed by atoms with Crippen LogP contribution in [0.1, 0.15) is 0 Å². The standard InChI is InChI=1S/C11H14FN3S/c1-16-9-4-2-3-8(12)11(9)15-7-10-13-5-6-14-10/h2-4,15H,5-7H2,1H3,(H,13,14). The molecule has 0 atom stereocenters. The van der Waals surface area contributed by atoms with Gasteiger partial charge in [-0.25, -0.2) is 4.39 Å². The fourth-order valence-electron chi connectivity index (χ4n) is 1.58. The summed E-state index contributed by atoms with van der Waals surface area (Å²) in [5.74, 6) is 0.681. The van der Waals surface area contributed by atoms with Gasteiger partial charge in [0.1, 0.15) is 11.7 Å². The van der Waals surface area contributed by atoms with Crippen LogP contribution < -0.4 is 10.6 Å². The van der Waals surface area contributed by atoms with E-state index in [0.29, 0.717) is 12.2 Å². The average molecular weight is 239 g/mol. The summed E-state index contributed by atoms with van der Waals surface area (Å²) < 4.78 is 13.6. The second kappa shape index (κ2) is 5.21. The summed E-state index contributed by atoms with van der Waals surface area (Å²) in [7, 11) is 0. The molecule has 86 valence electrons. The lowest BCUT2D eigenvalue weighted by Gasteiger charge is -2.11. The van der Waals surface area contributed by atoms with E-state index in [2.05, 4.69) is 15.6 Å². The molecule has 1 heterocycles. The quantitative estimate of drug-likeness (QED) is 0.789. The topological polar surface area (TPSA) is 36.4 Å². The largest absolute Gasteiger partial charge is 0.375 e. The number of thioether (sulfide) groups is 1. The Morgan fingerprint density at radius 3 is 3.12 bits per heavy atom. The highest BCUT2D eigenvalue weighted by Crippen LogP contribution is 2.27. The zero-order valence-corrected chi connectivity index (χ0v) is 9.90. The van der Waals surface area contributed by atoms with Crippen molar-refractivity contribution in [2.75, 3.05) is 31.2 Å². The SMILES string of the molecule is CSc1cccc(F)c1NCC1=NCCN1. The zero-order valence-electron chi connectivity index (χ0n) is 9.09. The summed E-state index contributed by atoms with van der Waals surface area (Å²) in [5.41, 5.74) is 0.561. The molecule has 0 spiro atoms. The third kappa shape index (κ3) is 2.47. The lowest BCUT2D eigenvalue weighted by atomic mass is 10.3. The fourth-order valence-corrected chi connectivity index (χ4v) is 2.17. The first-order valence-electron chi connectivity index (χ1n) is 5.15. The number of nitrogens with zero attached hydrogens (tertiary/aromatic N) is 1. The van der Waals surface area contributed by atoms with E-state index in [1.165, 1.54) is 17.8 Å². The highest BCUT2D eigenvalue weighted by atomic mass is 32.2. The Bertz CT molecular complexity index is 406. The van der Waals surface area contributed by atoms with Gasteiger partial charge in [0, 0.05) is 11.4 Å². The number of amidine groups is 1. The van der Waals surface area contributed by atoms with Gasteiger partial charge in [0.15, 0.2) is 0 Å². The maximum atomic E-state index is 13.6. The highest BCUT2D eigenvalue weighted by molar-refractivity contribution is 7.98. The Labute approximate surface area is 98.5 Å². The molecular weight excluding hydrogens is 225 g/mol. The third-order valence-corrected chi connectivity index (χ3v) is 3.15. The summed E-state index contributed by atoms with van der Waals surface area (Å²) in [6, 6.07) is 5.09. The van der Waals surface area contributed by atoms with Gasteiger partial charge in [-0.3, -0.25) is 4.99 Å². The van der Waals surface area contributed by atoms with Gasteiger partial charge in [-0.15, -0.1) is 11.8 Å². The van der Waals surface area contributed by atoms with Crippen molar-refractivity contribution in [1.82, 2.24) is 5.32 Å². The van der Waals surface area contributed by atoms with E-state index in [0.717, 1.165) is 23.8 Å². The first kappa shape index (κ1) is 11.3. The lowest BCUT2D eigenvalue weighted by molar-refractivity contribution is 0.628. The molecule has 2 N–H and O–H groups in total. The monoisotopic (exact) mass is 239 g/mol. The van der Waals surface area contributed by atoms with Crippen LogP contribution in [0.4, 0.5) is 10.1 Å². The van der Waals surface area contributed by atoms with E-state index < -0.39 is 0 Å². The van der Waals surface area contributed by atoms with Gasteiger partial charge in [0.2, 0.25) is 0 Å². The molecule has 0 bridgehead atoms. The van der Waals surface area contributed by atoms with Crippen LogP contribution in [0.3, 0.4) is 0 Å². The van der Waals surface area contributed by atoms with E-state index >= 15 is 0 Å². The minimum absolute atomic E-state index is 0.217. The molecule has 16 heavy (non-hydrogen) atoms. The fraction of sp³-hybridized carbons (Fsp3) is 0.364. The molecule has 0 aromatic heterocycles. The Balaban J connectivity index is 2.07. The first-order chi connectivity index (χ1) is 7.81. The molecule has 2 rings (SSSR count). The Morgan fingerprint density at radius 2 is 2.44 bits per heavy atom. The number of para-hydroxylation sites is 1. The van der Waals surface area contributed by atoms with Gasteiger partial charge in [0.25, 0.3) is 0 Å². The van der Waals surface area contributed by atoms with Crippen molar-refractivity contribution in [3.8, 4) is 0 Å². The van der Waals surface area contributed by atoms with Gasteiger partial charge >= 0.3 is 0 Å². The van der Waals surface area contributed by atoms with E-state index in [-0.39, 0.29) is 5.82 Å². The van der Waals surface area contributed by atoms with Gasteiger partial charge in [-0.2, -0.15) is 0 Å². The van der Waals surface area contributed by atoms with E-state index in [4.69, 9.17) is 0 Å².